The highest BCUT2D eigenvalue weighted by Crippen LogP contribution is 2.18. The topological polar surface area (TPSA) is 46.1 Å². The second-order valence-electron chi connectivity index (χ2n) is 5.41. The highest BCUT2D eigenvalue weighted by atomic mass is 32.2. The van der Waals surface area contributed by atoms with Crippen LogP contribution in [0, 0.1) is 0 Å². The molecule has 2 aromatic rings. The van der Waals surface area contributed by atoms with E-state index >= 15 is 0 Å². The van der Waals surface area contributed by atoms with Crippen molar-refractivity contribution in [1.29, 1.82) is 0 Å². The highest BCUT2D eigenvalue weighted by Gasteiger charge is 2.21. The molecule has 4 nitrogen and oxygen atoms in total. The first-order chi connectivity index (χ1) is 10.8. The minimum absolute atomic E-state index is 0.212. The average molecular weight is 313 g/mol. The maximum atomic E-state index is 12.4. The molecule has 114 valence electrons. The normalized spacial score (nSPS) is 13.8. The SMILES string of the molecule is CSc1ccc(CCC(=O)N2CCc3ncncc3C2)cc1. The number of carbonyl (C=O) groups is 1. The number of aryl methyl sites for hydroxylation is 1. The number of fused-ring (bicyclic) bond motifs is 1. The third-order valence-electron chi connectivity index (χ3n) is 4.00. The molecule has 0 N–H and O–H groups in total. The Morgan fingerprint density at radius 2 is 2.14 bits per heavy atom. The molecule has 0 atom stereocenters. The maximum absolute atomic E-state index is 12.4. The second kappa shape index (κ2) is 6.92. The summed E-state index contributed by atoms with van der Waals surface area (Å²) >= 11 is 1.73. The minimum Gasteiger partial charge on any atom is -0.338 e. The van der Waals surface area contributed by atoms with Crippen LogP contribution in [0.3, 0.4) is 0 Å². The predicted molar refractivity (Wildman–Crippen MR) is 87.7 cm³/mol. The Kier molecular flexibility index (Phi) is 4.73. The Morgan fingerprint density at radius 3 is 2.91 bits per heavy atom. The van der Waals surface area contributed by atoms with Gasteiger partial charge in [-0.05, 0) is 30.4 Å². The molecule has 2 heterocycles. The van der Waals surface area contributed by atoms with Gasteiger partial charge >= 0.3 is 0 Å². The van der Waals surface area contributed by atoms with Gasteiger partial charge in [0.1, 0.15) is 6.33 Å². The van der Waals surface area contributed by atoms with E-state index in [1.54, 1.807) is 18.1 Å². The van der Waals surface area contributed by atoms with Crippen molar-refractivity contribution in [3.63, 3.8) is 0 Å². The lowest BCUT2D eigenvalue weighted by molar-refractivity contribution is -0.132. The second-order valence-corrected chi connectivity index (χ2v) is 6.29. The Labute approximate surface area is 135 Å². The molecular weight excluding hydrogens is 294 g/mol. The zero-order chi connectivity index (χ0) is 15.4. The summed E-state index contributed by atoms with van der Waals surface area (Å²) in [5, 5.41) is 0. The number of carbonyl (C=O) groups excluding carboxylic acids is 1. The van der Waals surface area contributed by atoms with Crippen molar-refractivity contribution in [2.24, 2.45) is 0 Å². The van der Waals surface area contributed by atoms with Gasteiger partial charge in [0.2, 0.25) is 5.91 Å². The Hall–Kier alpha value is -1.88. The van der Waals surface area contributed by atoms with Crippen molar-refractivity contribution in [1.82, 2.24) is 14.9 Å². The van der Waals surface area contributed by atoms with E-state index in [0.29, 0.717) is 13.0 Å². The number of aromatic nitrogens is 2. The highest BCUT2D eigenvalue weighted by molar-refractivity contribution is 7.98. The molecule has 1 aliphatic heterocycles. The van der Waals surface area contributed by atoms with E-state index in [1.165, 1.54) is 10.5 Å². The summed E-state index contributed by atoms with van der Waals surface area (Å²) in [4.78, 5) is 23.9. The van der Waals surface area contributed by atoms with Crippen LogP contribution in [0.1, 0.15) is 23.2 Å². The van der Waals surface area contributed by atoms with Crippen molar-refractivity contribution in [2.75, 3.05) is 12.8 Å². The van der Waals surface area contributed by atoms with Crippen LogP contribution in [0.2, 0.25) is 0 Å². The van der Waals surface area contributed by atoms with Crippen LogP contribution < -0.4 is 0 Å². The number of hydrogen-bond acceptors (Lipinski definition) is 4. The Balaban J connectivity index is 1.56. The molecule has 0 radical (unpaired) electrons. The fourth-order valence-electron chi connectivity index (χ4n) is 2.68. The summed E-state index contributed by atoms with van der Waals surface area (Å²) in [5.41, 5.74) is 3.37. The van der Waals surface area contributed by atoms with Gasteiger partial charge < -0.3 is 4.90 Å². The van der Waals surface area contributed by atoms with Gasteiger partial charge in [-0.1, -0.05) is 12.1 Å². The summed E-state index contributed by atoms with van der Waals surface area (Å²) < 4.78 is 0. The molecule has 0 unspecified atom stereocenters. The average Bonchev–Trinajstić information content (AvgIpc) is 2.59. The van der Waals surface area contributed by atoms with Crippen LogP contribution in [0.4, 0.5) is 0 Å². The first-order valence-corrected chi connectivity index (χ1v) is 8.67. The van der Waals surface area contributed by atoms with Gasteiger partial charge in [0, 0.05) is 42.6 Å². The number of benzene rings is 1. The minimum atomic E-state index is 0.212. The molecule has 1 aromatic carbocycles. The summed E-state index contributed by atoms with van der Waals surface area (Å²) in [7, 11) is 0. The van der Waals surface area contributed by atoms with E-state index in [1.807, 2.05) is 11.1 Å². The van der Waals surface area contributed by atoms with Gasteiger partial charge in [-0.25, -0.2) is 9.97 Å². The van der Waals surface area contributed by atoms with Crippen molar-refractivity contribution in [2.45, 2.75) is 30.7 Å². The predicted octanol–water partition coefficient (Wildman–Crippen LogP) is 2.72. The van der Waals surface area contributed by atoms with Crippen LogP contribution in [0.15, 0.2) is 41.7 Å². The van der Waals surface area contributed by atoms with E-state index in [0.717, 1.165) is 30.6 Å². The molecule has 0 fully saturated rings. The van der Waals surface area contributed by atoms with Crippen molar-refractivity contribution < 1.29 is 4.79 Å². The number of hydrogen-bond donors (Lipinski definition) is 0. The fourth-order valence-corrected chi connectivity index (χ4v) is 3.09. The molecule has 1 amide bonds. The lowest BCUT2D eigenvalue weighted by Crippen LogP contribution is -2.36. The maximum Gasteiger partial charge on any atom is 0.223 e. The molecule has 1 aromatic heterocycles. The first-order valence-electron chi connectivity index (χ1n) is 7.45. The summed E-state index contributed by atoms with van der Waals surface area (Å²) in [6, 6.07) is 8.44. The van der Waals surface area contributed by atoms with E-state index in [4.69, 9.17) is 0 Å². The number of rotatable bonds is 4. The Bertz CT molecular complexity index is 657. The van der Waals surface area contributed by atoms with E-state index in [2.05, 4.69) is 40.5 Å². The van der Waals surface area contributed by atoms with Gasteiger partial charge in [-0.15, -0.1) is 11.8 Å². The van der Waals surface area contributed by atoms with Gasteiger partial charge in [-0.3, -0.25) is 4.79 Å². The van der Waals surface area contributed by atoms with E-state index in [-0.39, 0.29) is 5.91 Å². The molecule has 0 aliphatic carbocycles. The van der Waals surface area contributed by atoms with Gasteiger partial charge in [0.25, 0.3) is 0 Å². The molecule has 22 heavy (non-hydrogen) atoms. The number of thioether (sulfide) groups is 1. The summed E-state index contributed by atoms with van der Waals surface area (Å²) in [5.74, 6) is 0.212. The zero-order valence-corrected chi connectivity index (χ0v) is 13.5. The van der Waals surface area contributed by atoms with Gasteiger partial charge in [0.05, 0.1) is 5.69 Å². The van der Waals surface area contributed by atoms with Crippen LogP contribution in [-0.4, -0.2) is 33.6 Å². The lowest BCUT2D eigenvalue weighted by Gasteiger charge is -2.27. The quantitative estimate of drug-likeness (QED) is 0.814. The third kappa shape index (κ3) is 3.47. The molecule has 0 saturated heterocycles. The number of nitrogens with zero attached hydrogens (tertiary/aromatic N) is 3. The van der Waals surface area contributed by atoms with Crippen molar-refractivity contribution in [3.8, 4) is 0 Å². The molecule has 1 aliphatic rings. The molecule has 3 rings (SSSR count). The first kappa shape index (κ1) is 15.0. The standard InChI is InChI=1S/C17H19N3OS/c1-22-15-5-2-13(3-6-15)4-7-17(21)20-9-8-16-14(11-20)10-18-12-19-16/h2-3,5-6,10,12H,4,7-9,11H2,1H3. The third-order valence-corrected chi connectivity index (χ3v) is 4.74. The lowest BCUT2D eigenvalue weighted by atomic mass is 10.1. The summed E-state index contributed by atoms with van der Waals surface area (Å²) in [6.07, 6.45) is 7.64. The van der Waals surface area contributed by atoms with E-state index in [9.17, 15) is 4.79 Å². The smallest absolute Gasteiger partial charge is 0.223 e. The van der Waals surface area contributed by atoms with Crippen molar-refractivity contribution in [3.05, 3.63) is 53.6 Å². The number of amides is 1. The molecule has 0 bridgehead atoms. The van der Waals surface area contributed by atoms with Crippen molar-refractivity contribution >= 4 is 17.7 Å². The van der Waals surface area contributed by atoms with Crippen LogP contribution in [-0.2, 0) is 24.2 Å². The largest absolute Gasteiger partial charge is 0.338 e. The van der Waals surface area contributed by atoms with Gasteiger partial charge in [0.15, 0.2) is 0 Å². The Morgan fingerprint density at radius 1 is 1.32 bits per heavy atom. The monoisotopic (exact) mass is 313 g/mol. The molecular formula is C17H19N3OS. The molecule has 0 spiro atoms. The van der Waals surface area contributed by atoms with Crippen LogP contribution in [0.5, 0.6) is 0 Å². The summed E-state index contributed by atoms with van der Waals surface area (Å²) in [6.45, 7) is 1.40. The van der Waals surface area contributed by atoms with Crippen LogP contribution >= 0.6 is 11.8 Å². The zero-order valence-electron chi connectivity index (χ0n) is 12.7. The van der Waals surface area contributed by atoms with Gasteiger partial charge in [-0.2, -0.15) is 0 Å². The van der Waals surface area contributed by atoms with E-state index < -0.39 is 0 Å². The van der Waals surface area contributed by atoms with Crippen LogP contribution in [0.25, 0.3) is 0 Å². The molecule has 5 heteroatoms. The fraction of sp³-hybridized carbons (Fsp3) is 0.353. The molecule has 0 saturated carbocycles.